The van der Waals surface area contributed by atoms with Gasteiger partial charge in [-0.15, -0.1) is 10.2 Å². The Hall–Kier alpha value is -2.42. The molecule has 0 bridgehead atoms. The van der Waals surface area contributed by atoms with E-state index < -0.39 is 44.6 Å². The molecule has 176 valence electrons. The van der Waals surface area contributed by atoms with Crippen molar-refractivity contribution >= 4 is 27.4 Å². The van der Waals surface area contributed by atoms with Crippen LogP contribution in [-0.2, 0) is 22.4 Å². The van der Waals surface area contributed by atoms with E-state index >= 15 is 0 Å². The number of rotatable bonds is 4. The molecule has 1 heterocycles. The van der Waals surface area contributed by atoms with Crippen molar-refractivity contribution in [3.63, 3.8) is 0 Å². The molecular formula is C17H17F6N5O2S2. The van der Waals surface area contributed by atoms with E-state index in [1.165, 1.54) is 0 Å². The van der Waals surface area contributed by atoms with Gasteiger partial charge in [0.25, 0.3) is 10.0 Å². The van der Waals surface area contributed by atoms with Crippen LogP contribution in [0.2, 0.25) is 0 Å². The zero-order valence-corrected chi connectivity index (χ0v) is 17.8. The molecule has 1 aliphatic carbocycles. The largest absolute Gasteiger partial charge is 0.452 e. The van der Waals surface area contributed by atoms with E-state index in [9.17, 15) is 34.8 Å². The second kappa shape index (κ2) is 8.84. The van der Waals surface area contributed by atoms with Gasteiger partial charge in [-0.05, 0) is 49.3 Å². The third-order valence-electron chi connectivity index (χ3n) is 4.74. The highest BCUT2D eigenvalue weighted by Gasteiger charge is 2.45. The first-order valence-electron chi connectivity index (χ1n) is 9.32. The molecule has 0 aliphatic heterocycles. The van der Waals surface area contributed by atoms with Gasteiger partial charge in [0.05, 0.1) is 4.90 Å². The van der Waals surface area contributed by atoms with Gasteiger partial charge in [-0.25, -0.2) is 8.42 Å². The first-order valence-corrected chi connectivity index (χ1v) is 11.2. The second-order valence-electron chi connectivity index (χ2n) is 7.09. The molecule has 2 N–H and O–H groups in total. The lowest BCUT2D eigenvalue weighted by Gasteiger charge is -2.24. The van der Waals surface area contributed by atoms with E-state index in [2.05, 4.69) is 20.2 Å². The highest BCUT2D eigenvalue weighted by molar-refractivity contribution is 7.91. The first-order chi connectivity index (χ1) is 14.8. The minimum atomic E-state index is -5.22. The first kappa shape index (κ1) is 24.2. The summed E-state index contributed by atoms with van der Waals surface area (Å²) in [4.78, 5) is -0.399. The van der Waals surface area contributed by atoms with Crippen molar-refractivity contribution in [1.82, 2.24) is 24.8 Å². The predicted octanol–water partition coefficient (Wildman–Crippen LogP) is 3.79. The minimum Gasteiger partial charge on any atom is -0.359 e. The molecule has 0 atom stereocenters. The fourth-order valence-electron chi connectivity index (χ4n) is 3.31. The van der Waals surface area contributed by atoms with Gasteiger partial charge < -0.3 is 5.32 Å². The summed E-state index contributed by atoms with van der Waals surface area (Å²) < 4.78 is 106. The fourth-order valence-corrected chi connectivity index (χ4v) is 4.72. The molecule has 1 fully saturated rings. The van der Waals surface area contributed by atoms with Gasteiger partial charge in [0.1, 0.15) is 0 Å². The topological polar surface area (TPSA) is 88.9 Å². The number of nitrogens with zero attached hydrogens (tertiary/aromatic N) is 3. The number of aromatic nitrogens is 3. The van der Waals surface area contributed by atoms with Gasteiger partial charge in [0.15, 0.2) is 5.11 Å². The Kier molecular flexibility index (Phi) is 6.70. The van der Waals surface area contributed by atoms with Crippen molar-refractivity contribution in [2.75, 3.05) is 0 Å². The number of hydrogen-bond donors (Lipinski definition) is 2. The monoisotopic (exact) mass is 501 g/mol. The van der Waals surface area contributed by atoms with Crippen molar-refractivity contribution in [3.8, 4) is 5.69 Å². The van der Waals surface area contributed by atoms with Crippen molar-refractivity contribution in [2.24, 2.45) is 0 Å². The Morgan fingerprint density at radius 3 is 1.91 bits per heavy atom. The van der Waals surface area contributed by atoms with Crippen LogP contribution in [-0.4, -0.2) is 34.3 Å². The van der Waals surface area contributed by atoms with E-state index in [-0.39, 0.29) is 15.7 Å². The van der Waals surface area contributed by atoms with Crippen LogP contribution in [0.1, 0.15) is 43.8 Å². The number of hydrogen-bond acceptors (Lipinski definition) is 5. The van der Waals surface area contributed by atoms with Crippen molar-refractivity contribution in [1.29, 1.82) is 0 Å². The van der Waals surface area contributed by atoms with Gasteiger partial charge in [0.2, 0.25) is 11.6 Å². The summed E-state index contributed by atoms with van der Waals surface area (Å²) in [5, 5.41) is 7.97. The van der Waals surface area contributed by atoms with Crippen molar-refractivity contribution in [2.45, 2.75) is 55.4 Å². The quantitative estimate of drug-likeness (QED) is 0.490. The molecular weight excluding hydrogens is 484 g/mol. The maximum absolute atomic E-state index is 13.1. The zero-order valence-electron chi connectivity index (χ0n) is 16.2. The Labute approximate surface area is 184 Å². The SMILES string of the molecule is O=S(=O)(NC(=S)NC1CCCCC1)c1ccc(-n2c(C(F)(F)F)nnc2C(F)(F)F)cc1. The van der Waals surface area contributed by atoms with E-state index in [0.717, 1.165) is 56.4 Å². The van der Waals surface area contributed by atoms with Crippen LogP contribution in [0, 0.1) is 0 Å². The summed E-state index contributed by atoms with van der Waals surface area (Å²) in [7, 11) is -4.21. The molecule has 15 heteroatoms. The molecule has 0 spiro atoms. The Balaban J connectivity index is 1.85. The second-order valence-corrected chi connectivity index (χ2v) is 9.18. The number of nitrogens with one attached hydrogen (secondary N) is 2. The van der Waals surface area contributed by atoms with Gasteiger partial charge in [-0.3, -0.25) is 9.29 Å². The van der Waals surface area contributed by atoms with E-state index in [4.69, 9.17) is 12.2 Å². The molecule has 0 unspecified atom stereocenters. The van der Waals surface area contributed by atoms with Crippen LogP contribution >= 0.6 is 12.2 Å². The molecule has 7 nitrogen and oxygen atoms in total. The lowest BCUT2D eigenvalue weighted by molar-refractivity contribution is -0.153. The van der Waals surface area contributed by atoms with Gasteiger partial charge in [0, 0.05) is 11.7 Å². The third kappa shape index (κ3) is 5.49. The minimum absolute atomic E-state index is 0.0247. The van der Waals surface area contributed by atoms with Crippen LogP contribution in [0.15, 0.2) is 29.2 Å². The molecule has 3 rings (SSSR count). The predicted molar refractivity (Wildman–Crippen MR) is 104 cm³/mol. The summed E-state index contributed by atoms with van der Waals surface area (Å²) in [5.74, 6) is -3.78. The molecule has 0 radical (unpaired) electrons. The Morgan fingerprint density at radius 1 is 0.938 bits per heavy atom. The summed E-state index contributed by atoms with van der Waals surface area (Å²) in [6.07, 6.45) is -5.73. The van der Waals surface area contributed by atoms with Gasteiger partial charge in [-0.2, -0.15) is 26.3 Å². The molecule has 0 saturated heterocycles. The van der Waals surface area contributed by atoms with E-state index in [0.29, 0.717) is 0 Å². The summed E-state index contributed by atoms with van der Waals surface area (Å²) in [5.41, 5.74) is -0.614. The Bertz CT molecular complexity index is 1040. The highest BCUT2D eigenvalue weighted by Crippen LogP contribution is 2.36. The highest BCUT2D eigenvalue weighted by atomic mass is 32.2. The number of benzene rings is 1. The maximum Gasteiger partial charge on any atom is 0.452 e. The zero-order chi connectivity index (χ0) is 23.7. The van der Waals surface area contributed by atoms with Crippen molar-refractivity contribution < 1.29 is 34.8 Å². The van der Waals surface area contributed by atoms with Crippen LogP contribution < -0.4 is 10.0 Å². The average Bonchev–Trinajstić information content (AvgIpc) is 3.14. The summed E-state index contributed by atoms with van der Waals surface area (Å²) >= 11 is 5.02. The van der Waals surface area contributed by atoms with Gasteiger partial charge >= 0.3 is 12.4 Å². The fraction of sp³-hybridized carbons (Fsp3) is 0.471. The van der Waals surface area contributed by atoms with Crippen LogP contribution in [0.3, 0.4) is 0 Å². The Morgan fingerprint density at radius 2 is 1.44 bits per heavy atom. The van der Waals surface area contributed by atoms with Crippen LogP contribution in [0.25, 0.3) is 5.69 Å². The molecule has 32 heavy (non-hydrogen) atoms. The molecule has 1 aromatic carbocycles. The number of halogens is 6. The summed E-state index contributed by atoms with van der Waals surface area (Å²) in [6.45, 7) is 0. The number of sulfonamides is 1. The van der Waals surface area contributed by atoms with Crippen LogP contribution in [0.4, 0.5) is 26.3 Å². The lowest BCUT2D eigenvalue weighted by atomic mass is 9.96. The lowest BCUT2D eigenvalue weighted by Crippen LogP contribution is -2.44. The number of thiocarbonyl (C=S) groups is 1. The van der Waals surface area contributed by atoms with Crippen molar-refractivity contribution in [3.05, 3.63) is 35.9 Å². The van der Waals surface area contributed by atoms with E-state index in [1.807, 2.05) is 0 Å². The van der Waals surface area contributed by atoms with Crippen LogP contribution in [0.5, 0.6) is 0 Å². The molecule has 1 aromatic heterocycles. The standard InChI is InChI=1S/C17H17F6N5O2S2/c18-16(19,20)13-25-26-14(17(21,22)23)28(13)11-6-8-12(9-7-11)32(29,30)27-15(31)24-10-4-2-1-3-5-10/h6-10H,1-5H2,(H2,24,27,31). The maximum atomic E-state index is 13.1. The molecule has 2 aromatic rings. The van der Waals surface area contributed by atoms with Gasteiger partial charge in [-0.1, -0.05) is 19.3 Å². The van der Waals surface area contributed by atoms with E-state index in [1.54, 1.807) is 0 Å². The average molecular weight is 501 g/mol. The number of alkyl halides is 6. The smallest absolute Gasteiger partial charge is 0.359 e. The molecule has 1 saturated carbocycles. The normalized spacial score (nSPS) is 16.1. The summed E-state index contributed by atoms with van der Waals surface area (Å²) in [6, 6.07) is 3.33. The third-order valence-corrected chi connectivity index (χ3v) is 6.46. The molecule has 0 amide bonds. The molecule has 1 aliphatic rings.